The number of hydrogen-bond acceptors (Lipinski definition) is 2. The highest BCUT2D eigenvalue weighted by Gasteiger charge is 2.39. The number of nitrogens with two attached hydrogens (primary N) is 1. The normalized spacial score (nSPS) is 21.9. The predicted octanol–water partition coefficient (Wildman–Crippen LogP) is 3.41. The molecule has 19 heavy (non-hydrogen) atoms. The van der Waals surface area contributed by atoms with E-state index in [1.54, 1.807) is 12.3 Å². The van der Waals surface area contributed by atoms with Gasteiger partial charge in [-0.15, -0.1) is 0 Å². The average molecular weight is 258 g/mol. The first kappa shape index (κ1) is 12.4. The Morgan fingerprint density at radius 3 is 2.68 bits per heavy atom. The lowest BCUT2D eigenvalue weighted by Gasteiger charge is -2.11. The predicted molar refractivity (Wildman–Crippen MR) is 76.7 cm³/mol. The number of rotatable bonds is 4. The van der Waals surface area contributed by atoms with Crippen molar-refractivity contribution in [2.24, 2.45) is 10.7 Å². The zero-order valence-corrected chi connectivity index (χ0v) is 11.2. The number of allylic oxidation sites excluding steroid dienone is 1. The summed E-state index contributed by atoms with van der Waals surface area (Å²) in [5.74, 6) is -0.195. The van der Waals surface area contributed by atoms with E-state index in [1.807, 2.05) is 6.07 Å². The number of hydrogen-bond donors (Lipinski definition) is 1. The second kappa shape index (κ2) is 4.48. The fourth-order valence-electron chi connectivity index (χ4n) is 2.20. The van der Waals surface area contributed by atoms with E-state index in [0.717, 1.165) is 42.4 Å². The Labute approximate surface area is 113 Å². The highest BCUT2D eigenvalue weighted by Crippen LogP contribution is 2.48. The summed E-state index contributed by atoms with van der Waals surface area (Å²) in [4.78, 5) is 4.42. The number of benzene rings is 1. The lowest BCUT2D eigenvalue weighted by atomic mass is 9.94. The van der Waals surface area contributed by atoms with Gasteiger partial charge in [-0.2, -0.15) is 0 Å². The maximum atomic E-state index is 13.8. The van der Waals surface area contributed by atoms with Crippen molar-refractivity contribution >= 4 is 11.8 Å². The summed E-state index contributed by atoms with van der Waals surface area (Å²) >= 11 is 0. The molecule has 0 aliphatic heterocycles. The zero-order chi connectivity index (χ0) is 13.5. The minimum atomic E-state index is -0.195. The van der Waals surface area contributed by atoms with E-state index in [2.05, 4.69) is 11.9 Å². The van der Waals surface area contributed by atoms with Crippen LogP contribution in [0.5, 0.6) is 0 Å². The molecular weight excluding hydrogens is 239 g/mol. The summed E-state index contributed by atoms with van der Waals surface area (Å²) in [5.41, 5.74) is 8.52. The maximum Gasteiger partial charge on any atom is 0.124 e. The molecule has 0 unspecified atom stereocenters. The standard InChI is InChI=1S/C16H19FN2/c1-16(4-5-16)13-6-11(7-14(17)8-13)12(9-18)10-19-15-2-3-15/h6-10,15H,2-5,18H2,1H3/b12-9+,19-10?. The number of aliphatic imine (C=N–C) groups is 1. The highest BCUT2D eigenvalue weighted by atomic mass is 19.1. The van der Waals surface area contributed by atoms with Gasteiger partial charge in [-0.25, -0.2) is 4.39 Å². The van der Waals surface area contributed by atoms with Crippen molar-refractivity contribution in [3.8, 4) is 0 Å². The number of halogens is 1. The second-order valence-electron chi connectivity index (χ2n) is 5.92. The van der Waals surface area contributed by atoms with E-state index in [0.29, 0.717) is 6.04 Å². The van der Waals surface area contributed by atoms with Crippen LogP contribution in [0.2, 0.25) is 0 Å². The van der Waals surface area contributed by atoms with Crippen molar-refractivity contribution in [2.45, 2.75) is 44.1 Å². The monoisotopic (exact) mass is 258 g/mol. The minimum absolute atomic E-state index is 0.157. The Morgan fingerprint density at radius 2 is 2.11 bits per heavy atom. The van der Waals surface area contributed by atoms with Crippen molar-refractivity contribution < 1.29 is 4.39 Å². The first-order valence-electron chi connectivity index (χ1n) is 6.87. The van der Waals surface area contributed by atoms with Crippen LogP contribution in [0, 0.1) is 5.82 Å². The summed E-state index contributed by atoms with van der Waals surface area (Å²) in [6, 6.07) is 5.67. The molecule has 2 aliphatic rings. The van der Waals surface area contributed by atoms with E-state index < -0.39 is 0 Å². The first-order chi connectivity index (χ1) is 9.10. The van der Waals surface area contributed by atoms with Gasteiger partial charge in [0.25, 0.3) is 0 Å². The molecule has 3 rings (SSSR count). The molecule has 0 atom stereocenters. The Bertz CT molecular complexity index is 552. The third kappa shape index (κ3) is 2.70. The molecule has 0 radical (unpaired) electrons. The van der Waals surface area contributed by atoms with Crippen molar-refractivity contribution in [1.29, 1.82) is 0 Å². The maximum absolute atomic E-state index is 13.8. The van der Waals surface area contributed by atoms with Crippen LogP contribution in [0.25, 0.3) is 5.57 Å². The van der Waals surface area contributed by atoms with Crippen LogP contribution >= 0.6 is 0 Å². The number of nitrogens with zero attached hydrogens (tertiary/aromatic N) is 1. The molecule has 2 saturated carbocycles. The van der Waals surface area contributed by atoms with Gasteiger partial charge < -0.3 is 5.73 Å². The molecule has 2 fully saturated rings. The average Bonchev–Trinajstić information content (AvgIpc) is 3.27. The first-order valence-corrected chi connectivity index (χ1v) is 6.87. The summed E-state index contributed by atoms with van der Waals surface area (Å²) < 4.78 is 13.8. The van der Waals surface area contributed by atoms with Gasteiger partial charge in [0.1, 0.15) is 5.82 Å². The van der Waals surface area contributed by atoms with Gasteiger partial charge in [-0.05, 0) is 54.4 Å². The van der Waals surface area contributed by atoms with Crippen molar-refractivity contribution in [3.05, 3.63) is 41.3 Å². The highest BCUT2D eigenvalue weighted by molar-refractivity contribution is 6.09. The Morgan fingerprint density at radius 1 is 1.37 bits per heavy atom. The minimum Gasteiger partial charge on any atom is -0.404 e. The molecule has 0 heterocycles. The third-order valence-corrected chi connectivity index (χ3v) is 4.08. The van der Waals surface area contributed by atoms with Crippen LogP contribution in [0.1, 0.15) is 43.7 Å². The van der Waals surface area contributed by atoms with Gasteiger partial charge in [-0.1, -0.05) is 13.0 Å². The van der Waals surface area contributed by atoms with Gasteiger partial charge >= 0.3 is 0 Å². The van der Waals surface area contributed by atoms with Gasteiger partial charge in [0.05, 0.1) is 6.04 Å². The molecule has 1 aromatic rings. The van der Waals surface area contributed by atoms with E-state index in [4.69, 9.17) is 5.73 Å². The van der Waals surface area contributed by atoms with Crippen LogP contribution in [0.4, 0.5) is 4.39 Å². The molecule has 0 amide bonds. The molecule has 0 bridgehead atoms. The Balaban J connectivity index is 1.92. The van der Waals surface area contributed by atoms with Crippen LogP contribution in [0.3, 0.4) is 0 Å². The van der Waals surface area contributed by atoms with Crippen molar-refractivity contribution in [3.63, 3.8) is 0 Å². The molecule has 0 spiro atoms. The topological polar surface area (TPSA) is 38.4 Å². The van der Waals surface area contributed by atoms with Crippen LogP contribution < -0.4 is 5.73 Å². The van der Waals surface area contributed by atoms with Gasteiger partial charge in [0.2, 0.25) is 0 Å². The molecule has 1 aromatic carbocycles. The summed E-state index contributed by atoms with van der Waals surface area (Å²) in [5, 5.41) is 0. The van der Waals surface area contributed by atoms with E-state index >= 15 is 0 Å². The van der Waals surface area contributed by atoms with E-state index in [9.17, 15) is 4.39 Å². The van der Waals surface area contributed by atoms with Crippen LogP contribution in [0.15, 0.2) is 29.4 Å². The molecule has 2 N–H and O–H groups in total. The fourth-order valence-corrected chi connectivity index (χ4v) is 2.20. The molecule has 0 aromatic heterocycles. The van der Waals surface area contributed by atoms with Crippen molar-refractivity contribution in [2.75, 3.05) is 0 Å². The summed E-state index contributed by atoms with van der Waals surface area (Å²) in [7, 11) is 0. The molecule has 2 nitrogen and oxygen atoms in total. The zero-order valence-electron chi connectivity index (χ0n) is 11.2. The van der Waals surface area contributed by atoms with Crippen LogP contribution in [-0.4, -0.2) is 12.3 Å². The van der Waals surface area contributed by atoms with Gasteiger partial charge in [-0.3, -0.25) is 4.99 Å². The van der Waals surface area contributed by atoms with Crippen molar-refractivity contribution in [1.82, 2.24) is 0 Å². The molecular formula is C16H19FN2. The molecule has 3 heteroatoms. The summed E-state index contributed by atoms with van der Waals surface area (Å²) in [6.45, 7) is 2.18. The van der Waals surface area contributed by atoms with Gasteiger partial charge in [0.15, 0.2) is 0 Å². The summed E-state index contributed by atoms with van der Waals surface area (Å²) in [6.07, 6.45) is 7.87. The molecule has 100 valence electrons. The lowest BCUT2D eigenvalue weighted by molar-refractivity contribution is 0.620. The quantitative estimate of drug-likeness (QED) is 0.826. The van der Waals surface area contributed by atoms with E-state index in [1.165, 1.54) is 12.3 Å². The smallest absolute Gasteiger partial charge is 0.124 e. The lowest BCUT2D eigenvalue weighted by Crippen LogP contribution is -2.03. The van der Waals surface area contributed by atoms with Gasteiger partial charge in [0, 0.05) is 18.0 Å². The molecule has 2 aliphatic carbocycles. The molecule has 0 saturated heterocycles. The third-order valence-electron chi connectivity index (χ3n) is 4.08. The second-order valence-corrected chi connectivity index (χ2v) is 5.92. The van der Waals surface area contributed by atoms with E-state index in [-0.39, 0.29) is 11.2 Å². The Hall–Kier alpha value is -1.64. The van der Waals surface area contributed by atoms with Crippen LogP contribution in [-0.2, 0) is 5.41 Å². The SMILES string of the molecule is CC1(c2cc(F)cc(/C(C=NC3CC3)=C/N)c2)CC1. The Kier molecular flexibility index (Phi) is 2.92. The fraction of sp³-hybridized carbons (Fsp3) is 0.438. The largest absolute Gasteiger partial charge is 0.404 e.